The minimum absolute atomic E-state index is 0.00746. The van der Waals surface area contributed by atoms with E-state index in [0.717, 1.165) is 0 Å². The molecule has 7 aromatic carbocycles. The minimum atomic E-state index is -0.00746. The van der Waals surface area contributed by atoms with Crippen LogP contribution in [0.25, 0.3) is 66.1 Å². The quantitative estimate of drug-likeness (QED) is 0.197. The fraction of sp³-hybridized carbons (Fsp3) is 0.0667. The molecule has 0 heteroatoms. The molecule has 0 spiro atoms. The Hall–Kier alpha value is -5.46. The lowest BCUT2D eigenvalue weighted by molar-refractivity contribution is 0.660. The maximum absolute atomic E-state index is 2.40. The topological polar surface area (TPSA) is 0 Å². The van der Waals surface area contributed by atoms with Crippen molar-refractivity contribution in [2.75, 3.05) is 0 Å². The number of rotatable bonds is 3. The zero-order valence-electron chi connectivity index (χ0n) is 25.7. The summed E-state index contributed by atoms with van der Waals surface area (Å²) in [5.74, 6) is 0. The molecule has 0 bridgehead atoms. The maximum atomic E-state index is 2.40. The van der Waals surface area contributed by atoms with Gasteiger partial charge in [0.05, 0.1) is 0 Å². The average molecular weight is 575 g/mol. The van der Waals surface area contributed by atoms with E-state index in [0.29, 0.717) is 0 Å². The summed E-state index contributed by atoms with van der Waals surface area (Å²) in [6.45, 7) is 4.69. The molecule has 0 nitrogen and oxygen atoms in total. The highest BCUT2D eigenvalue weighted by Crippen LogP contribution is 2.49. The first-order valence-corrected chi connectivity index (χ1v) is 15.8. The van der Waals surface area contributed by atoms with Crippen LogP contribution in [0.15, 0.2) is 170 Å². The Balaban J connectivity index is 1.20. The highest BCUT2D eigenvalue weighted by molar-refractivity contribution is 5.96. The minimum Gasteiger partial charge on any atom is -0.0619 e. The molecule has 0 amide bonds. The Labute approximate surface area is 265 Å². The van der Waals surface area contributed by atoms with Crippen LogP contribution in [-0.2, 0) is 5.41 Å². The number of hydrogen-bond donors (Lipinski definition) is 0. The Morgan fingerprint density at radius 3 is 1.69 bits per heavy atom. The van der Waals surface area contributed by atoms with Crippen molar-refractivity contribution >= 4 is 21.5 Å². The third-order valence-electron chi connectivity index (χ3n) is 9.54. The standard InChI is InChI=1S/C45H34/c1-45(2)43-20-8-7-18-41(43)42-28-27-38(30-44(42)45)33-21-24-35(25-22-33)40-19-10-15-31(14-9-16-34-12-5-6-17-39(34)40)37-26-23-32-11-3-4-13-36(32)29-37/h3-30H,1-2H3. The first kappa shape index (κ1) is 27.1. The molecule has 45 heavy (non-hydrogen) atoms. The lowest BCUT2D eigenvalue weighted by Crippen LogP contribution is -2.14. The lowest BCUT2D eigenvalue weighted by Gasteiger charge is -2.22. The normalized spacial score (nSPS) is 12.8. The Morgan fingerprint density at radius 1 is 0.311 bits per heavy atom. The van der Waals surface area contributed by atoms with Gasteiger partial charge in [0.1, 0.15) is 0 Å². The summed E-state index contributed by atoms with van der Waals surface area (Å²) in [6.07, 6.45) is 0. The summed E-state index contributed by atoms with van der Waals surface area (Å²) in [6, 6.07) is 62.1. The van der Waals surface area contributed by atoms with Gasteiger partial charge < -0.3 is 0 Å². The van der Waals surface area contributed by atoms with E-state index in [-0.39, 0.29) is 5.41 Å². The number of benzene rings is 6. The number of hydrogen-bond acceptors (Lipinski definition) is 0. The molecule has 0 fully saturated rings. The molecule has 1 aliphatic carbocycles. The smallest absolute Gasteiger partial charge is 0.0159 e. The molecule has 1 aliphatic rings. The van der Waals surface area contributed by atoms with Crippen molar-refractivity contribution in [1.29, 1.82) is 0 Å². The van der Waals surface area contributed by atoms with Gasteiger partial charge in [-0.15, -0.1) is 0 Å². The van der Waals surface area contributed by atoms with E-state index in [2.05, 4.69) is 184 Å². The highest BCUT2D eigenvalue weighted by Gasteiger charge is 2.35. The van der Waals surface area contributed by atoms with Crippen LogP contribution in [0.3, 0.4) is 0 Å². The van der Waals surface area contributed by atoms with Gasteiger partial charge in [0.25, 0.3) is 0 Å². The van der Waals surface area contributed by atoms with E-state index < -0.39 is 0 Å². The van der Waals surface area contributed by atoms with E-state index in [9.17, 15) is 0 Å². The van der Waals surface area contributed by atoms with E-state index in [4.69, 9.17) is 0 Å². The van der Waals surface area contributed by atoms with E-state index in [1.54, 1.807) is 0 Å². The average Bonchev–Trinajstić information content (AvgIpc) is 3.32. The van der Waals surface area contributed by atoms with Gasteiger partial charge >= 0.3 is 0 Å². The van der Waals surface area contributed by atoms with Crippen LogP contribution in [0, 0.1) is 0 Å². The summed E-state index contributed by atoms with van der Waals surface area (Å²) in [5.41, 5.74) is 12.8. The van der Waals surface area contributed by atoms with Gasteiger partial charge in [-0.05, 0) is 89.3 Å². The molecular weight excluding hydrogens is 540 g/mol. The second-order valence-corrected chi connectivity index (χ2v) is 12.6. The van der Waals surface area contributed by atoms with Crippen molar-refractivity contribution in [1.82, 2.24) is 0 Å². The van der Waals surface area contributed by atoms with Crippen LogP contribution in [0.4, 0.5) is 0 Å². The maximum Gasteiger partial charge on any atom is 0.0159 e. The highest BCUT2D eigenvalue weighted by atomic mass is 14.4. The SMILES string of the molecule is CC1(C)c2ccccc2-c2ccc(-c3ccc(-c4cccc(-c5ccc6ccccc6c5)cccc5ccccc45)cc3)cc21. The van der Waals surface area contributed by atoms with E-state index >= 15 is 0 Å². The summed E-state index contributed by atoms with van der Waals surface area (Å²) < 4.78 is 0. The van der Waals surface area contributed by atoms with E-state index in [1.807, 2.05) is 0 Å². The third kappa shape index (κ3) is 4.80. The monoisotopic (exact) mass is 574 g/mol. The molecule has 0 saturated heterocycles. The Kier molecular flexibility index (Phi) is 6.58. The Bertz CT molecular complexity index is 2280. The molecule has 0 aliphatic heterocycles. The van der Waals surface area contributed by atoms with Gasteiger partial charge in [-0.3, -0.25) is 0 Å². The van der Waals surface area contributed by atoms with Crippen molar-refractivity contribution in [3.63, 3.8) is 0 Å². The lowest BCUT2D eigenvalue weighted by atomic mass is 9.81. The largest absolute Gasteiger partial charge is 0.0619 e. The zero-order valence-corrected chi connectivity index (χ0v) is 25.7. The van der Waals surface area contributed by atoms with Gasteiger partial charge in [0.15, 0.2) is 0 Å². The van der Waals surface area contributed by atoms with Crippen molar-refractivity contribution in [3.8, 4) is 44.5 Å². The zero-order chi connectivity index (χ0) is 30.4. The van der Waals surface area contributed by atoms with Crippen molar-refractivity contribution in [2.24, 2.45) is 0 Å². The van der Waals surface area contributed by atoms with Crippen LogP contribution < -0.4 is 0 Å². The molecule has 0 radical (unpaired) electrons. The predicted molar refractivity (Wildman–Crippen MR) is 193 cm³/mol. The van der Waals surface area contributed by atoms with Crippen LogP contribution in [0.5, 0.6) is 0 Å². The fourth-order valence-electron chi connectivity index (χ4n) is 7.08. The Morgan fingerprint density at radius 2 is 0.844 bits per heavy atom. The molecular formula is C45H34. The fourth-order valence-corrected chi connectivity index (χ4v) is 7.08. The van der Waals surface area contributed by atoms with Gasteiger partial charge in [-0.1, -0.05) is 172 Å². The van der Waals surface area contributed by atoms with Crippen molar-refractivity contribution in [2.45, 2.75) is 19.3 Å². The third-order valence-corrected chi connectivity index (χ3v) is 9.54. The van der Waals surface area contributed by atoms with Crippen LogP contribution in [-0.4, -0.2) is 0 Å². The first-order valence-electron chi connectivity index (χ1n) is 15.8. The van der Waals surface area contributed by atoms with E-state index in [1.165, 1.54) is 77.2 Å². The molecule has 0 N–H and O–H groups in total. The summed E-state index contributed by atoms with van der Waals surface area (Å²) in [4.78, 5) is 0. The first-order chi connectivity index (χ1) is 22.1. The second-order valence-electron chi connectivity index (χ2n) is 12.6. The van der Waals surface area contributed by atoms with Gasteiger partial charge in [-0.2, -0.15) is 0 Å². The summed E-state index contributed by atoms with van der Waals surface area (Å²) in [5, 5.41) is 4.95. The number of fused-ring (bicyclic) bond motifs is 5. The predicted octanol–water partition coefficient (Wildman–Crippen LogP) is 12.4. The van der Waals surface area contributed by atoms with Gasteiger partial charge in [-0.25, -0.2) is 0 Å². The molecule has 0 unspecified atom stereocenters. The van der Waals surface area contributed by atoms with Gasteiger partial charge in [0.2, 0.25) is 0 Å². The van der Waals surface area contributed by atoms with Crippen LogP contribution in [0.1, 0.15) is 25.0 Å². The molecule has 0 heterocycles. The molecule has 0 saturated carbocycles. The molecule has 7 aromatic rings. The van der Waals surface area contributed by atoms with Gasteiger partial charge in [0, 0.05) is 5.41 Å². The van der Waals surface area contributed by atoms with Crippen LogP contribution in [0.2, 0.25) is 0 Å². The summed E-state index contributed by atoms with van der Waals surface area (Å²) >= 11 is 0. The molecule has 0 aromatic heterocycles. The van der Waals surface area contributed by atoms with Crippen molar-refractivity contribution < 1.29 is 0 Å². The van der Waals surface area contributed by atoms with Crippen molar-refractivity contribution in [3.05, 3.63) is 181 Å². The molecule has 214 valence electrons. The summed E-state index contributed by atoms with van der Waals surface area (Å²) in [7, 11) is 0. The molecule has 8 rings (SSSR count). The second kappa shape index (κ2) is 10.9. The molecule has 0 atom stereocenters. The van der Waals surface area contributed by atoms with Crippen LogP contribution >= 0.6 is 0 Å².